The maximum absolute atomic E-state index is 14.0. The van der Waals surface area contributed by atoms with E-state index in [1.165, 1.54) is 4.90 Å². The van der Waals surface area contributed by atoms with Crippen molar-refractivity contribution in [1.82, 2.24) is 10.2 Å². The number of urea groups is 1. The summed E-state index contributed by atoms with van der Waals surface area (Å²) in [7, 11) is 0. The summed E-state index contributed by atoms with van der Waals surface area (Å²) in [5, 5.41) is 13.0. The van der Waals surface area contributed by atoms with Gasteiger partial charge in [-0.25, -0.2) is 9.18 Å². The van der Waals surface area contributed by atoms with Gasteiger partial charge in [0, 0.05) is 13.0 Å². The zero-order valence-corrected chi connectivity index (χ0v) is 13.4. The van der Waals surface area contributed by atoms with Crippen LogP contribution in [0.15, 0.2) is 12.1 Å². The summed E-state index contributed by atoms with van der Waals surface area (Å²) in [5.41, 5.74) is 0.258. The first-order valence-corrected chi connectivity index (χ1v) is 8.01. The number of likely N-dealkylation sites (tertiary alicyclic amines) is 1. The van der Waals surface area contributed by atoms with E-state index in [2.05, 4.69) is 5.32 Å². The molecule has 2 aliphatic rings. The summed E-state index contributed by atoms with van der Waals surface area (Å²) in [6.45, 7) is -0.322. The van der Waals surface area contributed by atoms with E-state index in [1.54, 1.807) is 6.07 Å². The topological polar surface area (TPSA) is 52.6 Å². The molecule has 120 valence electrons. The van der Waals surface area contributed by atoms with Crippen molar-refractivity contribution in [2.45, 2.75) is 31.0 Å². The van der Waals surface area contributed by atoms with Crippen LogP contribution in [0, 0.1) is 0 Å². The van der Waals surface area contributed by atoms with Gasteiger partial charge in [-0.05, 0) is 30.0 Å². The SMILES string of the molecule is O=C(N[C@@H]1CCc2c1ccc(Cl)c2Cl)N1CC[C@](F)(CO)C1. The minimum Gasteiger partial charge on any atom is -0.393 e. The molecule has 0 radical (unpaired) electrons. The molecule has 2 amide bonds. The molecule has 0 unspecified atom stereocenters. The van der Waals surface area contributed by atoms with Gasteiger partial charge in [-0.1, -0.05) is 29.3 Å². The number of alkyl halides is 1. The van der Waals surface area contributed by atoms with Gasteiger partial charge in [0.15, 0.2) is 5.67 Å². The third kappa shape index (κ3) is 2.77. The lowest BCUT2D eigenvalue weighted by Crippen LogP contribution is -2.42. The predicted octanol–water partition coefficient (Wildman–Crippen LogP) is 3.10. The molecule has 1 heterocycles. The first-order valence-electron chi connectivity index (χ1n) is 7.25. The van der Waals surface area contributed by atoms with Crippen LogP contribution in [0.1, 0.15) is 30.0 Å². The van der Waals surface area contributed by atoms with E-state index < -0.39 is 12.3 Å². The van der Waals surface area contributed by atoms with Gasteiger partial charge in [0.05, 0.1) is 29.2 Å². The molecule has 3 rings (SSSR count). The van der Waals surface area contributed by atoms with Crippen LogP contribution in [0.3, 0.4) is 0 Å². The summed E-state index contributed by atoms with van der Waals surface area (Å²) < 4.78 is 14.0. The van der Waals surface area contributed by atoms with E-state index in [0.717, 1.165) is 24.0 Å². The summed E-state index contributed by atoms with van der Waals surface area (Å²) in [4.78, 5) is 13.7. The Balaban J connectivity index is 1.69. The van der Waals surface area contributed by atoms with Crippen molar-refractivity contribution < 1.29 is 14.3 Å². The highest BCUT2D eigenvalue weighted by atomic mass is 35.5. The molecule has 2 N–H and O–H groups in total. The molecular weight excluding hydrogens is 330 g/mol. The largest absolute Gasteiger partial charge is 0.393 e. The van der Waals surface area contributed by atoms with Crippen molar-refractivity contribution in [3.8, 4) is 0 Å². The molecule has 4 nitrogen and oxygen atoms in total. The highest BCUT2D eigenvalue weighted by Crippen LogP contribution is 2.39. The molecule has 0 aromatic heterocycles. The number of halogens is 3. The highest BCUT2D eigenvalue weighted by Gasteiger charge is 2.40. The van der Waals surface area contributed by atoms with E-state index >= 15 is 0 Å². The summed E-state index contributed by atoms with van der Waals surface area (Å²) >= 11 is 12.2. The van der Waals surface area contributed by atoms with E-state index in [0.29, 0.717) is 16.6 Å². The maximum Gasteiger partial charge on any atom is 0.317 e. The van der Waals surface area contributed by atoms with Gasteiger partial charge < -0.3 is 15.3 Å². The number of amides is 2. The molecule has 1 aliphatic carbocycles. The van der Waals surface area contributed by atoms with Gasteiger partial charge >= 0.3 is 6.03 Å². The third-order valence-electron chi connectivity index (χ3n) is 4.46. The second-order valence-corrected chi connectivity index (χ2v) is 6.74. The fourth-order valence-electron chi connectivity index (χ4n) is 3.16. The number of rotatable bonds is 2. The lowest BCUT2D eigenvalue weighted by molar-refractivity contribution is 0.0804. The van der Waals surface area contributed by atoms with Crippen LogP contribution in [0.25, 0.3) is 0 Å². The van der Waals surface area contributed by atoms with E-state index in [-0.39, 0.29) is 25.0 Å². The number of hydrogen-bond acceptors (Lipinski definition) is 2. The van der Waals surface area contributed by atoms with Gasteiger partial charge in [0.1, 0.15) is 0 Å². The minimum atomic E-state index is -1.68. The molecule has 22 heavy (non-hydrogen) atoms. The molecule has 1 saturated heterocycles. The standard InChI is InChI=1S/C15H17Cl2FN2O2/c16-11-3-1-9-10(13(11)17)2-4-12(9)19-14(22)20-6-5-15(18,7-20)8-21/h1,3,12,21H,2,4-8H2,(H,19,22)/t12-,15-/m1/s1. The van der Waals surface area contributed by atoms with Gasteiger partial charge in [-0.3, -0.25) is 0 Å². The second kappa shape index (κ2) is 5.87. The van der Waals surface area contributed by atoms with E-state index in [9.17, 15) is 9.18 Å². The molecule has 1 aromatic rings. The van der Waals surface area contributed by atoms with Crippen LogP contribution < -0.4 is 5.32 Å². The zero-order chi connectivity index (χ0) is 15.9. The van der Waals surface area contributed by atoms with Crippen LogP contribution in [-0.4, -0.2) is 41.4 Å². The average molecular weight is 347 g/mol. The van der Waals surface area contributed by atoms with Crippen molar-refractivity contribution in [3.05, 3.63) is 33.3 Å². The Bertz CT molecular complexity index is 613. The van der Waals surface area contributed by atoms with Crippen LogP contribution in [0.5, 0.6) is 0 Å². The molecule has 1 fully saturated rings. The van der Waals surface area contributed by atoms with Gasteiger partial charge in [0.25, 0.3) is 0 Å². The average Bonchev–Trinajstić information content (AvgIpc) is 3.08. The second-order valence-electron chi connectivity index (χ2n) is 5.95. The number of hydrogen-bond donors (Lipinski definition) is 2. The minimum absolute atomic E-state index is 0.0731. The Morgan fingerprint density at radius 1 is 1.50 bits per heavy atom. The van der Waals surface area contributed by atoms with Crippen molar-refractivity contribution in [2.75, 3.05) is 19.7 Å². The smallest absolute Gasteiger partial charge is 0.317 e. The van der Waals surface area contributed by atoms with E-state index in [1.807, 2.05) is 6.07 Å². The Kier molecular flexibility index (Phi) is 4.23. The molecule has 7 heteroatoms. The number of carbonyl (C=O) groups excluding carboxylic acids is 1. The predicted molar refractivity (Wildman–Crippen MR) is 83.2 cm³/mol. The van der Waals surface area contributed by atoms with E-state index in [4.69, 9.17) is 28.3 Å². The summed E-state index contributed by atoms with van der Waals surface area (Å²) in [6.07, 6.45) is 1.67. The van der Waals surface area contributed by atoms with Crippen molar-refractivity contribution in [2.24, 2.45) is 0 Å². The molecule has 1 aliphatic heterocycles. The lowest BCUT2D eigenvalue weighted by atomic mass is 10.1. The number of nitrogens with zero attached hydrogens (tertiary/aromatic N) is 1. The van der Waals surface area contributed by atoms with Gasteiger partial charge in [-0.2, -0.15) is 0 Å². The van der Waals surface area contributed by atoms with Crippen LogP contribution >= 0.6 is 23.2 Å². The van der Waals surface area contributed by atoms with Crippen molar-refractivity contribution in [1.29, 1.82) is 0 Å². The molecule has 1 aromatic carbocycles. The molecule has 0 spiro atoms. The molecule has 0 saturated carbocycles. The summed E-state index contributed by atoms with van der Waals surface area (Å²) in [5.74, 6) is 0. The Hall–Kier alpha value is -1.04. The number of fused-ring (bicyclic) bond motifs is 1. The first-order chi connectivity index (χ1) is 10.4. The number of aliphatic hydroxyl groups excluding tert-OH is 1. The Labute approximate surface area is 138 Å². The lowest BCUT2D eigenvalue weighted by Gasteiger charge is -2.22. The van der Waals surface area contributed by atoms with Crippen molar-refractivity contribution >= 4 is 29.2 Å². The summed E-state index contributed by atoms with van der Waals surface area (Å²) in [6, 6.07) is 3.15. The number of nitrogens with one attached hydrogen (secondary N) is 1. The molecular formula is C15H17Cl2FN2O2. The quantitative estimate of drug-likeness (QED) is 0.864. The van der Waals surface area contributed by atoms with Crippen LogP contribution in [0.2, 0.25) is 10.0 Å². The number of aliphatic hydroxyl groups is 1. The Morgan fingerprint density at radius 3 is 2.95 bits per heavy atom. The molecule has 0 bridgehead atoms. The Morgan fingerprint density at radius 2 is 2.27 bits per heavy atom. The van der Waals surface area contributed by atoms with Crippen LogP contribution in [-0.2, 0) is 6.42 Å². The monoisotopic (exact) mass is 346 g/mol. The number of benzene rings is 1. The highest BCUT2D eigenvalue weighted by molar-refractivity contribution is 6.42. The fourth-order valence-corrected chi connectivity index (χ4v) is 3.60. The van der Waals surface area contributed by atoms with Gasteiger partial charge in [-0.15, -0.1) is 0 Å². The number of carbonyl (C=O) groups is 1. The van der Waals surface area contributed by atoms with Gasteiger partial charge in [0.2, 0.25) is 0 Å². The first kappa shape index (κ1) is 15.8. The maximum atomic E-state index is 14.0. The fraction of sp³-hybridized carbons (Fsp3) is 0.533. The normalized spacial score (nSPS) is 27.1. The molecule has 2 atom stereocenters. The third-order valence-corrected chi connectivity index (χ3v) is 5.31. The zero-order valence-electron chi connectivity index (χ0n) is 11.9. The van der Waals surface area contributed by atoms with Crippen LogP contribution in [0.4, 0.5) is 9.18 Å². The van der Waals surface area contributed by atoms with Crippen molar-refractivity contribution in [3.63, 3.8) is 0 Å².